The molecule has 106 valence electrons. The van der Waals surface area contributed by atoms with Gasteiger partial charge in [-0.3, -0.25) is 9.59 Å². The number of pyridine rings is 1. The van der Waals surface area contributed by atoms with Crippen LogP contribution < -0.4 is 10.9 Å². The van der Waals surface area contributed by atoms with E-state index in [1.165, 1.54) is 11.5 Å². The summed E-state index contributed by atoms with van der Waals surface area (Å²) in [5.41, 5.74) is 2.08. The van der Waals surface area contributed by atoms with Crippen molar-refractivity contribution in [2.75, 3.05) is 5.32 Å². The molecule has 0 aliphatic carbocycles. The highest BCUT2D eigenvalue weighted by molar-refractivity contribution is 5.88. The number of carbonyl (C=O) groups is 1. The van der Waals surface area contributed by atoms with Gasteiger partial charge in [-0.05, 0) is 36.2 Å². The van der Waals surface area contributed by atoms with E-state index in [4.69, 9.17) is 5.26 Å². The Morgan fingerprint density at radius 2 is 2.14 bits per heavy atom. The summed E-state index contributed by atoms with van der Waals surface area (Å²) in [6.45, 7) is 3.53. The topological polar surface area (TPSA) is 74.9 Å². The number of aryl methyl sites for hydroxylation is 1. The number of benzene rings is 1. The van der Waals surface area contributed by atoms with Gasteiger partial charge in [-0.15, -0.1) is 0 Å². The minimum Gasteiger partial charge on any atom is -0.326 e. The van der Waals surface area contributed by atoms with Crippen molar-refractivity contribution in [3.63, 3.8) is 0 Å². The lowest BCUT2D eigenvalue weighted by Gasteiger charge is -2.09. The van der Waals surface area contributed by atoms with Gasteiger partial charge in [0.15, 0.2) is 0 Å². The molecule has 5 nitrogen and oxygen atoms in total. The van der Waals surface area contributed by atoms with E-state index in [0.29, 0.717) is 17.8 Å². The third kappa shape index (κ3) is 3.37. The molecule has 0 aliphatic heterocycles. The van der Waals surface area contributed by atoms with Crippen LogP contribution >= 0.6 is 0 Å². The maximum Gasteiger partial charge on any atom is 0.269 e. The number of carbonyl (C=O) groups excluding carboxylic acids is 1. The predicted octanol–water partition coefficient (Wildman–Crippen LogP) is 2.04. The van der Waals surface area contributed by atoms with Crippen molar-refractivity contribution in [3.8, 4) is 6.07 Å². The summed E-state index contributed by atoms with van der Waals surface area (Å²) >= 11 is 0. The van der Waals surface area contributed by atoms with Gasteiger partial charge in [-0.25, -0.2) is 0 Å². The fourth-order valence-corrected chi connectivity index (χ4v) is 2.07. The molecule has 1 aromatic carbocycles. The third-order valence-corrected chi connectivity index (χ3v) is 3.09. The van der Waals surface area contributed by atoms with Crippen LogP contribution in [-0.2, 0) is 11.3 Å². The number of rotatable bonds is 3. The molecule has 1 amide bonds. The summed E-state index contributed by atoms with van der Waals surface area (Å²) in [5.74, 6) is -0.147. The van der Waals surface area contributed by atoms with Crippen LogP contribution in [-0.4, -0.2) is 10.5 Å². The van der Waals surface area contributed by atoms with E-state index in [9.17, 15) is 9.59 Å². The van der Waals surface area contributed by atoms with Gasteiger partial charge in [-0.1, -0.05) is 12.1 Å². The van der Waals surface area contributed by atoms with Crippen molar-refractivity contribution in [1.29, 1.82) is 5.26 Å². The Kier molecular flexibility index (Phi) is 4.19. The molecular weight excluding hydrogens is 266 g/mol. The molecule has 2 rings (SSSR count). The van der Waals surface area contributed by atoms with E-state index >= 15 is 0 Å². The van der Waals surface area contributed by atoms with Gasteiger partial charge < -0.3 is 9.88 Å². The average Bonchev–Trinajstić information content (AvgIpc) is 2.42. The first kappa shape index (κ1) is 14.5. The van der Waals surface area contributed by atoms with Crippen molar-refractivity contribution in [2.24, 2.45) is 0 Å². The Balaban J connectivity index is 2.33. The Morgan fingerprint density at radius 3 is 2.81 bits per heavy atom. The second kappa shape index (κ2) is 6.06. The molecule has 0 radical (unpaired) electrons. The van der Waals surface area contributed by atoms with E-state index in [-0.39, 0.29) is 17.0 Å². The summed E-state index contributed by atoms with van der Waals surface area (Å²) in [7, 11) is 0. The highest BCUT2D eigenvalue weighted by atomic mass is 16.1. The lowest BCUT2D eigenvalue weighted by Crippen LogP contribution is -2.23. The standard InChI is InChI=1S/C16H15N3O2/c1-11-6-7-19(16(21)15(11)9-17)10-13-4-3-5-14(8-13)18-12(2)20/h3-8H,10H2,1-2H3,(H,18,20). The van der Waals surface area contributed by atoms with Crippen LogP contribution in [0.15, 0.2) is 41.3 Å². The van der Waals surface area contributed by atoms with Crippen molar-refractivity contribution in [1.82, 2.24) is 4.57 Å². The predicted molar refractivity (Wildman–Crippen MR) is 80.0 cm³/mol. The lowest BCUT2D eigenvalue weighted by atomic mass is 10.1. The Morgan fingerprint density at radius 1 is 1.38 bits per heavy atom. The van der Waals surface area contributed by atoms with E-state index in [1.807, 2.05) is 18.2 Å². The van der Waals surface area contributed by atoms with Crippen LogP contribution in [0.2, 0.25) is 0 Å². The van der Waals surface area contributed by atoms with Gasteiger partial charge in [0.2, 0.25) is 5.91 Å². The molecule has 21 heavy (non-hydrogen) atoms. The van der Waals surface area contributed by atoms with Crippen LogP contribution in [0.25, 0.3) is 0 Å². The number of anilines is 1. The zero-order chi connectivity index (χ0) is 15.4. The number of amides is 1. The van der Waals surface area contributed by atoms with Crippen molar-refractivity contribution < 1.29 is 4.79 Å². The van der Waals surface area contributed by atoms with Crippen molar-refractivity contribution in [2.45, 2.75) is 20.4 Å². The SMILES string of the molecule is CC(=O)Nc1cccc(Cn2ccc(C)c(C#N)c2=O)c1. The molecule has 0 aliphatic rings. The number of nitrogens with one attached hydrogen (secondary N) is 1. The maximum atomic E-state index is 12.2. The van der Waals surface area contributed by atoms with Gasteiger partial charge in [-0.2, -0.15) is 5.26 Å². The van der Waals surface area contributed by atoms with Gasteiger partial charge in [0.25, 0.3) is 5.56 Å². The van der Waals surface area contributed by atoms with E-state index in [2.05, 4.69) is 5.32 Å². The van der Waals surface area contributed by atoms with E-state index in [1.54, 1.807) is 31.3 Å². The summed E-state index contributed by atoms with van der Waals surface area (Å²) in [4.78, 5) is 23.2. The molecular formula is C16H15N3O2. The molecule has 0 atom stereocenters. The summed E-state index contributed by atoms with van der Waals surface area (Å²) in [5, 5.41) is 11.7. The molecule has 1 aromatic heterocycles. The van der Waals surface area contributed by atoms with E-state index < -0.39 is 0 Å². The second-order valence-corrected chi connectivity index (χ2v) is 4.80. The van der Waals surface area contributed by atoms with Crippen LogP contribution in [0.4, 0.5) is 5.69 Å². The molecule has 2 aromatic rings. The summed E-state index contributed by atoms with van der Waals surface area (Å²) in [6, 6.07) is 10.9. The highest BCUT2D eigenvalue weighted by Gasteiger charge is 2.07. The lowest BCUT2D eigenvalue weighted by molar-refractivity contribution is -0.114. The molecule has 0 bridgehead atoms. The minimum atomic E-state index is -0.303. The summed E-state index contributed by atoms with van der Waals surface area (Å²) in [6.07, 6.45) is 1.67. The molecule has 1 heterocycles. The minimum absolute atomic E-state index is 0.147. The molecule has 0 unspecified atom stereocenters. The van der Waals surface area contributed by atoms with Crippen LogP contribution in [0, 0.1) is 18.3 Å². The molecule has 0 fully saturated rings. The normalized spacial score (nSPS) is 9.95. The quantitative estimate of drug-likeness (QED) is 0.935. The Hall–Kier alpha value is -2.87. The number of nitriles is 1. The first-order valence-corrected chi connectivity index (χ1v) is 6.48. The van der Waals surface area contributed by atoms with Crippen LogP contribution in [0.3, 0.4) is 0 Å². The molecule has 0 saturated carbocycles. The molecule has 0 saturated heterocycles. The first-order valence-electron chi connectivity index (χ1n) is 6.48. The number of hydrogen-bond acceptors (Lipinski definition) is 3. The van der Waals surface area contributed by atoms with Gasteiger partial charge in [0.1, 0.15) is 11.6 Å². The van der Waals surface area contributed by atoms with Gasteiger partial charge in [0.05, 0.1) is 6.54 Å². The monoisotopic (exact) mass is 281 g/mol. The molecule has 1 N–H and O–H groups in total. The van der Waals surface area contributed by atoms with Gasteiger partial charge >= 0.3 is 0 Å². The smallest absolute Gasteiger partial charge is 0.269 e. The first-order chi connectivity index (χ1) is 10.0. The van der Waals surface area contributed by atoms with Crippen LogP contribution in [0.1, 0.15) is 23.6 Å². The highest BCUT2D eigenvalue weighted by Crippen LogP contribution is 2.12. The number of nitrogens with zero attached hydrogens (tertiary/aromatic N) is 2. The molecule has 0 spiro atoms. The fraction of sp³-hybridized carbons (Fsp3) is 0.188. The fourth-order valence-electron chi connectivity index (χ4n) is 2.07. The number of aromatic nitrogens is 1. The average molecular weight is 281 g/mol. The summed E-state index contributed by atoms with van der Waals surface area (Å²) < 4.78 is 1.48. The van der Waals surface area contributed by atoms with E-state index in [0.717, 1.165) is 5.56 Å². The van der Waals surface area contributed by atoms with Crippen molar-refractivity contribution in [3.05, 3.63) is 63.6 Å². The second-order valence-electron chi connectivity index (χ2n) is 4.80. The van der Waals surface area contributed by atoms with Gasteiger partial charge in [0, 0.05) is 18.8 Å². The zero-order valence-corrected chi connectivity index (χ0v) is 11.9. The molecule has 5 heteroatoms. The maximum absolute atomic E-state index is 12.2. The third-order valence-electron chi connectivity index (χ3n) is 3.09. The Bertz CT molecular complexity index is 785. The van der Waals surface area contributed by atoms with Crippen LogP contribution in [0.5, 0.6) is 0 Å². The van der Waals surface area contributed by atoms with Crippen molar-refractivity contribution >= 4 is 11.6 Å². The largest absolute Gasteiger partial charge is 0.326 e. The Labute approximate surface area is 122 Å². The number of hydrogen-bond donors (Lipinski definition) is 1. The zero-order valence-electron chi connectivity index (χ0n) is 11.9.